The molecule has 0 saturated heterocycles. The molecule has 1 heterocycles. The second kappa shape index (κ2) is 8.17. The molecule has 0 fully saturated rings. The number of hydrogen-bond acceptors (Lipinski definition) is 3. The minimum Gasteiger partial charge on any atom is -0.463 e. The maximum absolute atomic E-state index is 14.2. The Bertz CT molecular complexity index is 696. The molecule has 6 heteroatoms. The van der Waals surface area contributed by atoms with Gasteiger partial charge >= 0.3 is 0 Å². The zero-order valence-corrected chi connectivity index (χ0v) is 15.0. The lowest BCUT2D eigenvalue weighted by Gasteiger charge is -2.33. The van der Waals surface area contributed by atoms with Gasteiger partial charge < -0.3 is 14.8 Å². The second-order valence-corrected chi connectivity index (χ2v) is 6.27. The SMILES string of the molecule is CC(C)NCC1Oc2ccc(Cl)cc2C(c2ccccc2F)O1.Cl. The summed E-state index contributed by atoms with van der Waals surface area (Å²) in [6, 6.07) is 12.2. The maximum Gasteiger partial charge on any atom is 0.213 e. The van der Waals surface area contributed by atoms with Crippen molar-refractivity contribution in [1.82, 2.24) is 5.32 Å². The Morgan fingerprint density at radius 2 is 1.92 bits per heavy atom. The number of fused-ring (bicyclic) bond motifs is 1. The lowest BCUT2D eigenvalue weighted by atomic mass is 9.99. The summed E-state index contributed by atoms with van der Waals surface area (Å²) in [6.45, 7) is 4.61. The van der Waals surface area contributed by atoms with E-state index < -0.39 is 12.4 Å². The maximum atomic E-state index is 14.2. The highest BCUT2D eigenvalue weighted by Gasteiger charge is 2.31. The van der Waals surface area contributed by atoms with Crippen molar-refractivity contribution in [2.75, 3.05) is 6.54 Å². The fraction of sp³-hybridized carbons (Fsp3) is 0.333. The highest BCUT2D eigenvalue weighted by Crippen LogP contribution is 2.40. The van der Waals surface area contributed by atoms with Gasteiger partial charge in [0.25, 0.3) is 0 Å². The van der Waals surface area contributed by atoms with E-state index in [1.54, 1.807) is 36.4 Å². The van der Waals surface area contributed by atoms with Crippen molar-refractivity contribution < 1.29 is 13.9 Å². The van der Waals surface area contributed by atoms with Gasteiger partial charge in [-0.2, -0.15) is 0 Å². The van der Waals surface area contributed by atoms with E-state index in [1.165, 1.54) is 6.07 Å². The molecule has 3 rings (SSSR count). The van der Waals surface area contributed by atoms with Crippen molar-refractivity contribution in [2.45, 2.75) is 32.3 Å². The number of hydrogen-bond donors (Lipinski definition) is 1. The molecule has 2 unspecified atom stereocenters. The Hall–Kier alpha value is -1.33. The fourth-order valence-electron chi connectivity index (χ4n) is 2.58. The number of ether oxygens (including phenoxy) is 2. The van der Waals surface area contributed by atoms with E-state index in [0.717, 1.165) is 5.56 Å². The van der Waals surface area contributed by atoms with Gasteiger partial charge in [0.15, 0.2) is 0 Å². The van der Waals surface area contributed by atoms with Gasteiger partial charge in [0, 0.05) is 22.2 Å². The van der Waals surface area contributed by atoms with Crippen LogP contribution in [0.4, 0.5) is 4.39 Å². The number of benzene rings is 2. The molecular formula is C18H20Cl2FNO2. The van der Waals surface area contributed by atoms with Crippen LogP contribution in [-0.2, 0) is 4.74 Å². The van der Waals surface area contributed by atoms with E-state index in [9.17, 15) is 4.39 Å². The normalized spacial score (nSPS) is 19.4. The topological polar surface area (TPSA) is 30.5 Å². The standard InChI is InChI=1S/C18H19ClFNO2.ClH/c1-11(2)21-10-17-22-16-8-7-12(19)9-14(16)18(23-17)13-5-3-4-6-15(13)20;/h3-9,11,17-18,21H,10H2,1-2H3;1H. The molecule has 2 aromatic rings. The van der Waals surface area contributed by atoms with E-state index in [2.05, 4.69) is 5.32 Å². The van der Waals surface area contributed by atoms with Crippen LogP contribution < -0.4 is 10.1 Å². The summed E-state index contributed by atoms with van der Waals surface area (Å²) in [4.78, 5) is 0. The van der Waals surface area contributed by atoms with Gasteiger partial charge in [-0.3, -0.25) is 0 Å². The first-order valence-corrected chi connectivity index (χ1v) is 8.02. The average molecular weight is 372 g/mol. The number of nitrogens with one attached hydrogen (secondary N) is 1. The summed E-state index contributed by atoms with van der Waals surface area (Å²) in [5.74, 6) is 0.366. The number of halogens is 3. The molecule has 2 atom stereocenters. The summed E-state index contributed by atoms with van der Waals surface area (Å²) >= 11 is 6.09. The quantitative estimate of drug-likeness (QED) is 0.842. The predicted octanol–water partition coefficient (Wildman–Crippen LogP) is 4.72. The Kier molecular flexibility index (Phi) is 6.47. The van der Waals surface area contributed by atoms with Gasteiger partial charge in [0.05, 0.1) is 6.54 Å². The van der Waals surface area contributed by atoms with Crippen LogP contribution >= 0.6 is 24.0 Å². The average Bonchev–Trinajstić information content (AvgIpc) is 2.53. The molecule has 2 aromatic carbocycles. The Morgan fingerprint density at radius 1 is 1.17 bits per heavy atom. The summed E-state index contributed by atoms with van der Waals surface area (Å²) in [5, 5.41) is 3.84. The molecule has 1 N–H and O–H groups in total. The first-order valence-electron chi connectivity index (χ1n) is 7.64. The second-order valence-electron chi connectivity index (χ2n) is 5.83. The van der Waals surface area contributed by atoms with Crippen LogP contribution in [0.3, 0.4) is 0 Å². The van der Waals surface area contributed by atoms with E-state index in [-0.39, 0.29) is 18.2 Å². The van der Waals surface area contributed by atoms with Gasteiger partial charge in [0.1, 0.15) is 17.7 Å². The Balaban J connectivity index is 0.00000208. The monoisotopic (exact) mass is 371 g/mol. The van der Waals surface area contributed by atoms with Gasteiger partial charge in [-0.1, -0.05) is 43.6 Å². The molecule has 0 aliphatic carbocycles. The minimum atomic E-state index is -0.544. The molecule has 130 valence electrons. The van der Waals surface area contributed by atoms with E-state index in [1.807, 2.05) is 13.8 Å². The van der Waals surface area contributed by atoms with Gasteiger partial charge in [0.2, 0.25) is 6.29 Å². The smallest absolute Gasteiger partial charge is 0.213 e. The molecule has 0 saturated carbocycles. The largest absolute Gasteiger partial charge is 0.463 e. The van der Waals surface area contributed by atoms with Crippen LogP contribution in [-0.4, -0.2) is 18.9 Å². The number of rotatable bonds is 4. The molecule has 0 aromatic heterocycles. The zero-order valence-electron chi connectivity index (χ0n) is 13.5. The fourth-order valence-corrected chi connectivity index (χ4v) is 2.76. The molecule has 0 amide bonds. The van der Waals surface area contributed by atoms with Gasteiger partial charge in [-0.05, 0) is 24.3 Å². The van der Waals surface area contributed by atoms with Crippen LogP contribution in [0.2, 0.25) is 5.02 Å². The summed E-state index contributed by atoms with van der Waals surface area (Å²) in [7, 11) is 0. The van der Waals surface area contributed by atoms with Gasteiger partial charge in [-0.15, -0.1) is 12.4 Å². The van der Waals surface area contributed by atoms with E-state index in [4.69, 9.17) is 21.1 Å². The first-order chi connectivity index (χ1) is 11.0. The van der Waals surface area contributed by atoms with Crippen molar-refractivity contribution in [1.29, 1.82) is 0 Å². The third kappa shape index (κ3) is 4.19. The zero-order chi connectivity index (χ0) is 16.4. The Morgan fingerprint density at radius 3 is 2.62 bits per heavy atom. The molecule has 1 aliphatic heterocycles. The highest BCUT2D eigenvalue weighted by molar-refractivity contribution is 6.30. The van der Waals surface area contributed by atoms with Crippen molar-refractivity contribution in [3.63, 3.8) is 0 Å². The minimum absolute atomic E-state index is 0. The molecule has 0 radical (unpaired) electrons. The third-order valence-electron chi connectivity index (χ3n) is 3.68. The summed E-state index contributed by atoms with van der Waals surface area (Å²) < 4.78 is 26.1. The van der Waals surface area contributed by atoms with Crippen LogP contribution in [0.5, 0.6) is 5.75 Å². The van der Waals surface area contributed by atoms with Crippen LogP contribution in [0.15, 0.2) is 42.5 Å². The molecule has 1 aliphatic rings. The summed E-state index contributed by atoms with van der Waals surface area (Å²) in [5.41, 5.74) is 1.22. The third-order valence-corrected chi connectivity index (χ3v) is 3.92. The van der Waals surface area contributed by atoms with Crippen LogP contribution in [0.1, 0.15) is 31.1 Å². The van der Waals surface area contributed by atoms with Crippen molar-refractivity contribution in [3.05, 3.63) is 64.4 Å². The molecule has 0 bridgehead atoms. The van der Waals surface area contributed by atoms with Crippen molar-refractivity contribution >= 4 is 24.0 Å². The molecule has 24 heavy (non-hydrogen) atoms. The first kappa shape index (κ1) is 19.0. The molecule has 3 nitrogen and oxygen atoms in total. The van der Waals surface area contributed by atoms with Crippen molar-refractivity contribution in [3.8, 4) is 5.75 Å². The highest BCUT2D eigenvalue weighted by atomic mass is 35.5. The van der Waals surface area contributed by atoms with Gasteiger partial charge in [-0.25, -0.2) is 4.39 Å². The van der Waals surface area contributed by atoms with E-state index in [0.29, 0.717) is 28.9 Å². The van der Waals surface area contributed by atoms with Crippen molar-refractivity contribution in [2.24, 2.45) is 0 Å². The lowest BCUT2D eigenvalue weighted by molar-refractivity contribution is -0.125. The van der Waals surface area contributed by atoms with Crippen LogP contribution in [0, 0.1) is 5.82 Å². The lowest BCUT2D eigenvalue weighted by Crippen LogP contribution is -2.40. The molecule has 0 spiro atoms. The molecular weight excluding hydrogens is 352 g/mol. The van der Waals surface area contributed by atoms with E-state index >= 15 is 0 Å². The predicted molar refractivity (Wildman–Crippen MR) is 95.6 cm³/mol. The Labute approximate surface area is 152 Å². The van der Waals surface area contributed by atoms with Crippen LogP contribution in [0.25, 0.3) is 0 Å². The summed E-state index contributed by atoms with van der Waals surface area (Å²) in [6.07, 6.45) is -1.03.